The lowest BCUT2D eigenvalue weighted by Gasteiger charge is -2.15. The Bertz CT molecular complexity index is 556. The molecule has 4 heteroatoms. The summed E-state index contributed by atoms with van der Waals surface area (Å²) < 4.78 is 27.0. The molecule has 3 nitrogen and oxygen atoms in total. The average Bonchev–Trinajstić information content (AvgIpc) is 2.31. The summed E-state index contributed by atoms with van der Waals surface area (Å²) in [6.45, 7) is 5.75. The van der Waals surface area contributed by atoms with Crippen LogP contribution >= 0.6 is 0 Å². The van der Waals surface area contributed by atoms with Gasteiger partial charge in [-0.2, -0.15) is 0 Å². The maximum atomic E-state index is 12.2. The third kappa shape index (κ3) is 3.59. The van der Waals surface area contributed by atoms with Crippen molar-refractivity contribution >= 4 is 10.0 Å². The first-order chi connectivity index (χ1) is 8.40. The van der Waals surface area contributed by atoms with Crippen molar-refractivity contribution in [2.75, 3.05) is 0 Å². The van der Waals surface area contributed by atoms with Crippen molar-refractivity contribution < 1.29 is 8.42 Å². The van der Waals surface area contributed by atoms with Crippen LogP contribution < -0.4 is 4.72 Å². The number of sulfonamides is 1. The summed E-state index contributed by atoms with van der Waals surface area (Å²) in [5, 5.41) is 0. The molecule has 0 aromatic heterocycles. The van der Waals surface area contributed by atoms with Gasteiger partial charge in [-0.05, 0) is 43.5 Å². The standard InChI is InChI=1S/C14H19NO2S/c1-5-7-13(6-2)15-18(16,17)14-9-8-11(3)12(4)10-14/h1,8-10,13,15H,6-7H2,2-4H3. The van der Waals surface area contributed by atoms with E-state index in [4.69, 9.17) is 6.42 Å². The molecule has 1 aromatic rings. The second kappa shape index (κ2) is 6.03. The molecule has 0 amide bonds. The highest BCUT2D eigenvalue weighted by atomic mass is 32.2. The van der Waals surface area contributed by atoms with Gasteiger partial charge in [0.05, 0.1) is 4.90 Å². The van der Waals surface area contributed by atoms with Crippen LogP contribution in [0.3, 0.4) is 0 Å². The summed E-state index contributed by atoms with van der Waals surface area (Å²) >= 11 is 0. The van der Waals surface area contributed by atoms with Gasteiger partial charge in [0.25, 0.3) is 0 Å². The Morgan fingerprint density at radius 1 is 1.33 bits per heavy atom. The molecule has 0 aliphatic heterocycles. The van der Waals surface area contributed by atoms with Gasteiger partial charge in [-0.25, -0.2) is 13.1 Å². The summed E-state index contributed by atoms with van der Waals surface area (Å²) in [5.74, 6) is 2.49. The largest absolute Gasteiger partial charge is 0.240 e. The molecule has 98 valence electrons. The van der Waals surface area contributed by atoms with Gasteiger partial charge in [0.1, 0.15) is 0 Å². The summed E-state index contributed by atoms with van der Waals surface area (Å²) in [6, 6.07) is 4.90. The van der Waals surface area contributed by atoms with Gasteiger partial charge in [0.2, 0.25) is 10.0 Å². The van der Waals surface area contributed by atoms with Crippen molar-refractivity contribution in [2.24, 2.45) is 0 Å². The van der Waals surface area contributed by atoms with Gasteiger partial charge in [-0.15, -0.1) is 12.3 Å². The van der Waals surface area contributed by atoms with E-state index in [1.807, 2.05) is 26.8 Å². The molecule has 0 spiro atoms. The lowest BCUT2D eigenvalue weighted by Crippen LogP contribution is -2.34. The zero-order valence-corrected chi connectivity index (χ0v) is 11.8. The van der Waals surface area contributed by atoms with Crippen molar-refractivity contribution in [1.82, 2.24) is 4.72 Å². The van der Waals surface area contributed by atoms with Crippen LogP contribution in [0.2, 0.25) is 0 Å². The lowest BCUT2D eigenvalue weighted by molar-refractivity contribution is 0.544. The SMILES string of the molecule is C#CCC(CC)NS(=O)(=O)c1ccc(C)c(C)c1. The Morgan fingerprint density at radius 2 is 2.00 bits per heavy atom. The van der Waals surface area contributed by atoms with E-state index >= 15 is 0 Å². The minimum Gasteiger partial charge on any atom is -0.207 e. The van der Waals surface area contributed by atoms with E-state index in [1.54, 1.807) is 12.1 Å². The zero-order chi connectivity index (χ0) is 13.8. The van der Waals surface area contributed by atoms with Gasteiger partial charge in [-0.3, -0.25) is 0 Å². The van der Waals surface area contributed by atoms with Crippen molar-refractivity contribution in [2.45, 2.75) is 44.6 Å². The van der Waals surface area contributed by atoms with Gasteiger partial charge < -0.3 is 0 Å². The molecule has 1 aromatic carbocycles. The molecule has 0 saturated carbocycles. The van der Waals surface area contributed by atoms with Gasteiger partial charge in [-0.1, -0.05) is 13.0 Å². The van der Waals surface area contributed by atoms with E-state index in [0.29, 0.717) is 17.7 Å². The quantitative estimate of drug-likeness (QED) is 0.831. The third-order valence-electron chi connectivity index (χ3n) is 2.97. The second-order valence-electron chi connectivity index (χ2n) is 4.38. The van der Waals surface area contributed by atoms with Crippen LogP contribution in [0.4, 0.5) is 0 Å². The Hall–Kier alpha value is -1.31. The van der Waals surface area contributed by atoms with Crippen molar-refractivity contribution in [3.05, 3.63) is 29.3 Å². The highest BCUT2D eigenvalue weighted by Crippen LogP contribution is 2.15. The molecule has 1 atom stereocenters. The molecule has 18 heavy (non-hydrogen) atoms. The van der Waals surface area contributed by atoms with E-state index in [2.05, 4.69) is 10.6 Å². The maximum absolute atomic E-state index is 12.2. The predicted octanol–water partition coefficient (Wildman–Crippen LogP) is 2.38. The topological polar surface area (TPSA) is 46.2 Å². The Kier molecular flexibility index (Phi) is 4.94. The molecule has 0 aliphatic carbocycles. The van der Waals surface area contributed by atoms with Crippen LogP contribution in [0, 0.1) is 26.2 Å². The third-order valence-corrected chi connectivity index (χ3v) is 4.49. The minimum atomic E-state index is -3.48. The summed E-state index contributed by atoms with van der Waals surface area (Å²) in [7, 11) is -3.48. The average molecular weight is 265 g/mol. The van der Waals surface area contributed by atoms with Crippen LogP contribution in [-0.2, 0) is 10.0 Å². The number of nitrogens with one attached hydrogen (secondary N) is 1. The summed E-state index contributed by atoms with van der Waals surface area (Å²) in [4.78, 5) is 0.293. The first-order valence-corrected chi connectivity index (χ1v) is 7.42. The van der Waals surface area contributed by atoms with Crippen LogP contribution in [0.25, 0.3) is 0 Å². The van der Waals surface area contributed by atoms with Crippen molar-refractivity contribution in [3.63, 3.8) is 0 Å². The van der Waals surface area contributed by atoms with E-state index < -0.39 is 10.0 Å². The normalized spacial score (nSPS) is 13.0. The molecular weight excluding hydrogens is 246 g/mol. The second-order valence-corrected chi connectivity index (χ2v) is 6.09. The van der Waals surface area contributed by atoms with Crippen LogP contribution in [0.15, 0.2) is 23.1 Å². The number of benzene rings is 1. The molecular formula is C14H19NO2S. The van der Waals surface area contributed by atoms with Crippen LogP contribution in [0.5, 0.6) is 0 Å². The molecule has 0 fully saturated rings. The molecule has 1 N–H and O–H groups in total. The molecule has 0 radical (unpaired) electrons. The monoisotopic (exact) mass is 265 g/mol. The fraction of sp³-hybridized carbons (Fsp3) is 0.429. The van der Waals surface area contributed by atoms with Crippen molar-refractivity contribution in [1.29, 1.82) is 0 Å². The Balaban J connectivity index is 2.99. The Morgan fingerprint density at radius 3 is 2.50 bits per heavy atom. The maximum Gasteiger partial charge on any atom is 0.240 e. The number of aryl methyl sites for hydroxylation is 2. The first kappa shape index (κ1) is 14.7. The molecule has 1 rings (SSSR count). The highest BCUT2D eigenvalue weighted by Gasteiger charge is 2.18. The molecule has 0 bridgehead atoms. The van der Waals surface area contributed by atoms with E-state index in [9.17, 15) is 8.42 Å². The summed E-state index contributed by atoms with van der Waals surface area (Å²) in [6.07, 6.45) is 6.30. The lowest BCUT2D eigenvalue weighted by atomic mass is 10.1. The van der Waals surface area contributed by atoms with E-state index in [0.717, 1.165) is 11.1 Å². The van der Waals surface area contributed by atoms with Crippen molar-refractivity contribution in [3.8, 4) is 12.3 Å². The summed E-state index contributed by atoms with van der Waals surface area (Å²) in [5.41, 5.74) is 2.03. The zero-order valence-electron chi connectivity index (χ0n) is 11.0. The number of hydrogen-bond donors (Lipinski definition) is 1. The number of terminal acetylenes is 1. The van der Waals surface area contributed by atoms with Gasteiger partial charge >= 0.3 is 0 Å². The predicted molar refractivity (Wildman–Crippen MR) is 73.8 cm³/mol. The molecule has 1 unspecified atom stereocenters. The number of rotatable bonds is 5. The highest BCUT2D eigenvalue weighted by molar-refractivity contribution is 7.89. The van der Waals surface area contributed by atoms with Gasteiger partial charge in [0.15, 0.2) is 0 Å². The minimum absolute atomic E-state index is 0.207. The molecule has 0 saturated heterocycles. The van der Waals surface area contributed by atoms with Gasteiger partial charge in [0, 0.05) is 12.5 Å². The molecule has 0 aliphatic rings. The first-order valence-electron chi connectivity index (χ1n) is 5.93. The van der Waals surface area contributed by atoms with Crippen LogP contribution in [0.1, 0.15) is 30.9 Å². The fourth-order valence-electron chi connectivity index (χ4n) is 1.58. The fourth-order valence-corrected chi connectivity index (χ4v) is 2.98. The van der Waals surface area contributed by atoms with E-state index in [-0.39, 0.29) is 6.04 Å². The van der Waals surface area contributed by atoms with Crippen LogP contribution in [-0.4, -0.2) is 14.5 Å². The Labute approximate surface area is 110 Å². The number of hydrogen-bond acceptors (Lipinski definition) is 2. The van der Waals surface area contributed by atoms with E-state index in [1.165, 1.54) is 0 Å². The smallest absolute Gasteiger partial charge is 0.207 e. The molecule has 0 heterocycles.